The summed E-state index contributed by atoms with van der Waals surface area (Å²) in [5.74, 6) is 0.765. The second kappa shape index (κ2) is 8.92. The number of carbonyl (C=O) groups is 1. The number of hydrogen-bond donors (Lipinski definition) is 1. The van der Waals surface area contributed by atoms with Crippen molar-refractivity contribution >= 4 is 22.4 Å². The zero-order chi connectivity index (χ0) is 20.1. The van der Waals surface area contributed by atoms with Crippen LogP contribution in [-0.4, -0.2) is 62.2 Å². The number of hydrogen-bond acceptors (Lipinski definition) is 5. The molecule has 29 heavy (non-hydrogen) atoms. The summed E-state index contributed by atoms with van der Waals surface area (Å²) in [6, 6.07) is 18.0. The van der Waals surface area contributed by atoms with Crippen LogP contribution in [0.4, 0.5) is 5.69 Å². The van der Waals surface area contributed by atoms with Crippen LogP contribution in [0.2, 0.25) is 0 Å². The molecule has 1 saturated heterocycles. The molecule has 0 aliphatic carbocycles. The van der Waals surface area contributed by atoms with Crippen LogP contribution in [0.5, 0.6) is 5.75 Å². The number of fused-ring (bicyclic) bond motifs is 1. The molecule has 150 valence electrons. The fraction of sp³-hybridized carbons (Fsp3) is 0.304. The Bertz CT molecular complexity index is 969. The molecule has 6 nitrogen and oxygen atoms in total. The lowest BCUT2D eigenvalue weighted by molar-refractivity contribution is 0.0943. The number of ether oxygens (including phenoxy) is 1. The molecule has 2 aromatic carbocycles. The van der Waals surface area contributed by atoms with Crippen LogP contribution in [0.3, 0.4) is 0 Å². The molecule has 1 aromatic heterocycles. The van der Waals surface area contributed by atoms with Crippen molar-refractivity contribution in [3.05, 3.63) is 66.5 Å². The molecule has 0 saturated carbocycles. The summed E-state index contributed by atoms with van der Waals surface area (Å²) in [6.45, 7) is 5.34. The standard InChI is InChI=1S/C23H26N4O2/c1-29-19-9-8-18-5-4-7-22(20(18)17-19)27-15-13-26(14-16-27)12-11-25-23(28)21-6-2-3-10-24-21/h2-10,17H,11-16H2,1H3,(H,25,28). The van der Waals surface area contributed by atoms with E-state index in [0.717, 1.165) is 38.5 Å². The van der Waals surface area contributed by atoms with Crippen LogP contribution in [0.1, 0.15) is 10.5 Å². The van der Waals surface area contributed by atoms with E-state index >= 15 is 0 Å². The van der Waals surface area contributed by atoms with Gasteiger partial charge < -0.3 is 15.0 Å². The Morgan fingerprint density at radius 2 is 1.93 bits per heavy atom. The minimum absolute atomic E-state index is 0.117. The first-order valence-electron chi connectivity index (χ1n) is 9.98. The fourth-order valence-electron chi connectivity index (χ4n) is 3.77. The molecule has 0 spiro atoms. The number of carbonyl (C=O) groups excluding carboxylic acids is 1. The van der Waals surface area contributed by atoms with Crippen LogP contribution in [0.25, 0.3) is 10.8 Å². The third-order valence-corrected chi connectivity index (χ3v) is 5.39. The van der Waals surface area contributed by atoms with Gasteiger partial charge in [-0.3, -0.25) is 14.7 Å². The number of nitrogens with zero attached hydrogens (tertiary/aromatic N) is 3. The van der Waals surface area contributed by atoms with Crippen LogP contribution in [-0.2, 0) is 0 Å². The summed E-state index contributed by atoms with van der Waals surface area (Å²) in [4.78, 5) is 21.0. The number of anilines is 1. The van der Waals surface area contributed by atoms with Crippen molar-refractivity contribution in [1.82, 2.24) is 15.2 Å². The number of benzene rings is 2. The van der Waals surface area contributed by atoms with E-state index in [1.807, 2.05) is 18.2 Å². The number of rotatable bonds is 6. The van der Waals surface area contributed by atoms with E-state index in [0.29, 0.717) is 12.2 Å². The minimum atomic E-state index is -0.117. The van der Waals surface area contributed by atoms with Crippen molar-refractivity contribution in [3.8, 4) is 5.75 Å². The first kappa shape index (κ1) is 19.2. The summed E-state index contributed by atoms with van der Waals surface area (Å²) >= 11 is 0. The number of piperazine rings is 1. The number of pyridine rings is 1. The van der Waals surface area contributed by atoms with Crippen LogP contribution >= 0.6 is 0 Å². The Morgan fingerprint density at radius 3 is 2.69 bits per heavy atom. The number of methoxy groups -OCH3 is 1. The predicted molar refractivity (Wildman–Crippen MR) is 116 cm³/mol. The highest BCUT2D eigenvalue weighted by Gasteiger charge is 2.19. The second-order valence-corrected chi connectivity index (χ2v) is 7.16. The van der Waals surface area contributed by atoms with Crippen LogP contribution < -0.4 is 15.0 Å². The summed E-state index contributed by atoms with van der Waals surface area (Å²) in [7, 11) is 1.70. The van der Waals surface area contributed by atoms with E-state index < -0.39 is 0 Å². The van der Waals surface area contributed by atoms with Gasteiger partial charge in [-0.05, 0) is 35.7 Å². The van der Waals surface area contributed by atoms with E-state index in [9.17, 15) is 4.79 Å². The lowest BCUT2D eigenvalue weighted by Gasteiger charge is -2.36. The molecule has 0 radical (unpaired) electrons. The molecule has 3 aromatic rings. The summed E-state index contributed by atoms with van der Waals surface area (Å²) < 4.78 is 5.41. The predicted octanol–water partition coefficient (Wildman–Crippen LogP) is 2.80. The molecule has 1 N–H and O–H groups in total. The average molecular weight is 390 g/mol. The Kier molecular flexibility index (Phi) is 5.91. The molecule has 1 aliphatic rings. The Balaban J connectivity index is 1.32. The highest BCUT2D eigenvalue weighted by Crippen LogP contribution is 2.30. The van der Waals surface area contributed by atoms with Gasteiger partial charge in [-0.1, -0.05) is 24.3 Å². The molecule has 1 fully saturated rings. The lowest BCUT2D eigenvalue weighted by Crippen LogP contribution is -2.48. The second-order valence-electron chi connectivity index (χ2n) is 7.16. The van der Waals surface area contributed by atoms with Crippen molar-refractivity contribution in [3.63, 3.8) is 0 Å². The fourth-order valence-corrected chi connectivity index (χ4v) is 3.77. The SMILES string of the molecule is COc1ccc2cccc(N3CCN(CCNC(=O)c4ccccn4)CC3)c2c1. The number of nitrogens with one attached hydrogen (secondary N) is 1. The van der Waals surface area contributed by atoms with E-state index in [1.54, 1.807) is 19.4 Å². The van der Waals surface area contributed by atoms with Gasteiger partial charge in [-0.25, -0.2) is 0 Å². The maximum atomic E-state index is 12.1. The van der Waals surface area contributed by atoms with Crippen molar-refractivity contribution in [1.29, 1.82) is 0 Å². The third-order valence-electron chi connectivity index (χ3n) is 5.39. The van der Waals surface area contributed by atoms with Gasteiger partial charge in [0.05, 0.1) is 7.11 Å². The molecule has 1 aliphatic heterocycles. The summed E-state index contributed by atoms with van der Waals surface area (Å²) in [6.07, 6.45) is 1.64. The highest BCUT2D eigenvalue weighted by atomic mass is 16.5. The quantitative estimate of drug-likeness (QED) is 0.701. The van der Waals surface area contributed by atoms with Crippen molar-refractivity contribution < 1.29 is 9.53 Å². The van der Waals surface area contributed by atoms with Crippen molar-refractivity contribution in [2.45, 2.75) is 0 Å². The monoisotopic (exact) mass is 390 g/mol. The largest absolute Gasteiger partial charge is 0.497 e. The molecular weight excluding hydrogens is 364 g/mol. The van der Waals surface area contributed by atoms with Crippen molar-refractivity contribution in [2.24, 2.45) is 0 Å². The van der Waals surface area contributed by atoms with E-state index in [2.05, 4.69) is 50.4 Å². The highest BCUT2D eigenvalue weighted by molar-refractivity contribution is 5.95. The van der Waals surface area contributed by atoms with Crippen molar-refractivity contribution in [2.75, 3.05) is 51.3 Å². The van der Waals surface area contributed by atoms with E-state index in [4.69, 9.17) is 4.74 Å². The number of amides is 1. The molecule has 0 unspecified atom stereocenters. The van der Waals surface area contributed by atoms with Gasteiger partial charge in [0.1, 0.15) is 11.4 Å². The molecule has 4 rings (SSSR count). The molecule has 0 bridgehead atoms. The van der Waals surface area contributed by atoms with Crippen LogP contribution in [0.15, 0.2) is 60.8 Å². The van der Waals surface area contributed by atoms with Gasteiger partial charge in [0.2, 0.25) is 0 Å². The average Bonchev–Trinajstić information content (AvgIpc) is 2.79. The molecule has 2 heterocycles. The topological polar surface area (TPSA) is 57.7 Å². The molecule has 0 atom stereocenters. The maximum absolute atomic E-state index is 12.1. The Labute approximate surface area is 171 Å². The Morgan fingerprint density at radius 1 is 1.07 bits per heavy atom. The molecule has 6 heteroatoms. The normalized spacial score (nSPS) is 14.7. The first-order chi connectivity index (χ1) is 14.2. The van der Waals surface area contributed by atoms with Gasteiger partial charge in [0.15, 0.2) is 0 Å². The Hall–Kier alpha value is -3.12. The zero-order valence-corrected chi connectivity index (χ0v) is 16.7. The van der Waals surface area contributed by atoms with Gasteiger partial charge in [0, 0.05) is 56.5 Å². The molecule has 1 amide bonds. The third kappa shape index (κ3) is 4.49. The zero-order valence-electron chi connectivity index (χ0n) is 16.7. The van der Waals surface area contributed by atoms with Gasteiger partial charge in [0.25, 0.3) is 5.91 Å². The van der Waals surface area contributed by atoms with Gasteiger partial charge in [-0.15, -0.1) is 0 Å². The minimum Gasteiger partial charge on any atom is -0.497 e. The lowest BCUT2D eigenvalue weighted by atomic mass is 10.1. The van der Waals surface area contributed by atoms with Gasteiger partial charge >= 0.3 is 0 Å². The van der Waals surface area contributed by atoms with Gasteiger partial charge in [-0.2, -0.15) is 0 Å². The molecular formula is C23H26N4O2. The summed E-state index contributed by atoms with van der Waals surface area (Å²) in [5.41, 5.74) is 1.72. The van der Waals surface area contributed by atoms with E-state index in [-0.39, 0.29) is 5.91 Å². The van der Waals surface area contributed by atoms with E-state index in [1.165, 1.54) is 16.5 Å². The summed E-state index contributed by atoms with van der Waals surface area (Å²) in [5, 5.41) is 5.41. The van der Waals surface area contributed by atoms with Crippen LogP contribution in [0, 0.1) is 0 Å². The number of aromatic nitrogens is 1. The smallest absolute Gasteiger partial charge is 0.269 e. The first-order valence-corrected chi connectivity index (χ1v) is 9.98. The maximum Gasteiger partial charge on any atom is 0.269 e.